The molecular weight excluding hydrogens is 226 g/mol. The van der Waals surface area contributed by atoms with Crippen LogP contribution in [0, 0.1) is 0 Å². The Bertz CT molecular complexity index is 344. The molecule has 0 bridgehead atoms. The first kappa shape index (κ1) is 13.8. The number of anilines is 1. The van der Waals surface area contributed by atoms with Crippen molar-refractivity contribution < 1.29 is 8.78 Å². The lowest BCUT2D eigenvalue weighted by Crippen LogP contribution is -2.34. The van der Waals surface area contributed by atoms with Crippen molar-refractivity contribution in [3.8, 4) is 0 Å². The lowest BCUT2D eigenvalue weighted by molar-refractivity contribution is 0.154. The quantitative estimate of drug-likeness (QED) is 0.826. The summed E-state index contributed by atoms with van der Waals surface area (Å²) in [5, 5.41) is 0. The highest BCUT2D eigenvalue weighted by Crippen LogP contribution is 2.17. The molecule has 0 aromatic carbocycles. The molecule has 0 aliphatic carbocycles. The zero-order chi connectivity index (χ0) is 12.8. The van der Waals surface area contributed by atoms with Gasteiger partial charge in [-0.2, -0.15) is 0 Å². The number of nitrogens with two attached hydrogens (primary N) is 1. The zero-order valence-corrected chi connectivity index (χ0v) is 10.1. The van der Waals surface area contributed by atoms with Gasteiger partial charge in [0.25, 0.3) is 6.43 Å². The molecule has 0 aliphatic heterocycles. The van der Waals surface area contributed by atoms with Gasteiger partial charge < -0.3 is 10.6 Å². The van der Waals surface area contributed by atoms with Gasteiger partial charge in [-0.25, -0.2) is 18.7 Å². The van der Waals surface area contributed by atoms with Crippen molar-refractivity contribution in [2.75, 3.05) is 24.5 Å². The largest absolute Gasteiger partial charge is 0.350 e. The van der Waals surface area contributed by atoms with E-state index in [9.17, 15) is 8.78 Å². The molecule has 1 heterocycles. The molecule has 0 amide bonds. The number of nitrogens with zero attached hydrogens (tertiary/aromatic N) is 3. The standard InChI is InChI=1S/C11H18F2N4/c1-8(2)9-5-11(16-7-15-9)17(4-3-14)6-10(12)13/h5,7-8,10H,3-4,6,14H2,1-2H3. The molecule has 0 saturated carbocycles. The van der Waals surface area contributed by atoms with Crippen LogP contribution in [0.25, 0.3) is 0 Å². The summed E-state index contributed by atoms with van der Waals surface area (Å²) in [6.07, 6.45) is -1.00. The molecule has 2 N–H and O–H groups in total. The molecule has 0 spiro atoms. The fraction of sp³-hybridized carbons (Fsp3) is 0.636. The topological polar surface area (TPSA) is 55.0 Å². The van der Waals surface area contributed by atoms with E-state index in [1.807, 2.05) is 13.8 Å². The van der Waals surface area contributed by atoms with Gasteiger partial charge in [-0.15, -0.1) is 0 Å². The minimum atomic E-state index is -2.40. The monoisotopic (exact) mass is 244 g/mol. The summed E-state index contributed by atoms with van der Waals surface area (Å²) in [6.45, 7) is 4.30. The molecule has 0 saturated heterocycles. The summed E-state index contributed by atoms with van der Waals surface area (Å²) in [6, 6.07) is 1.74. The average molecular weight is 244 g/mol. The maximum Gasteiger partial charge on any atom is 0.255 e. The predicted molar refractivity (Wildman–Crippen MR) is 63.4 cm³/mol. The number of alkyl halides is 2. The van der Waals surface area contributed by atoms with Crippen molar-refractivity contribution >= 4 is 5.82 Å². The first-order valence-electron chi connectivity index (χ1n) is 5.59. The molecule has 6 heteroatoms. The van der Waals surface area contributed by atoms with Crippen molar-refractivity contribution in [2.24, 2.45) is 5.73 Å². The number of rotatable bonds is 6. The normalized spacial score (nSPS) is 11.2. The van der Waals surface area contributed by atoms with Gasteiger partial charge in [-0.1, -0.05) is 13.8 Å². The van der Waals surface area contributed by atoms with Gasteiger partial charge in [-0.3, -0.25) is 0 Å². The molecule has 0 radical (unpaired) electrons. The molecule has 1 aromatic heterocycles. The predicted octanol–water partition coefficient (Wildman–Crippen LogP) is 1.63. The van der Waals surface area contributed by atoms with Crippen LogP contribution in [0.5, 0.6) is 0 Å². The van der Waals surface area contributed by atoms with Gasteiger partial charge >= 0.3 is 0 Å². The zero-order valence-electron chi connectivity index (χ0n) is 10.1. The third-order valence-corrected chi connectivity index (χ3v) is 2.35. The average Bonchev–Trinajstić information content (AvgIpc) is 2.28. The highest BCUT2D eigenvalue weighted by atomic mass is 19.3. The highest BCUT2D eigenvalue weighted by Gasteiger charge is 2.14. The maximum absolute atomic E-state index is 12.4. The molecule has 1 aromatic rings. The first-order valence-corrected chi connectivity index (χ1v) is 5.59. The molecule has 0 unspecified atom stereocenters. The van der Waals surface area contributed by atoms with E-state index in [1.54, 1.807) is 6.07 Å². The van der Waals surface area contributed by atoms with Crippen molar-refractivity contribution in [3.63, 3.8) is 0 Å². The van der Waals surface area contributed by atoms with Gasteiger partial charge in [0.05, 0.1) is 6.54 Å². The van der Waals surface area contributed by atoms with Gasteiger partial charge in [-0.05, 0) is 5.92 Å². The fourth-order valence-electron chi connectivity index (χ4n) is 1.47. The van der Waals surface area contributed by atoms with Gasteiger partial charge in [0, 0.05) is 24.8 Å². The van der Waals surface area contributed by atoms with Gasteiger partial charge in [0.2, 0.25) is 0 Å². The number of halogens is 2. The third kappa shape index (κ3) is 4.22. The molecule has 4 nitrogen and oxygen atoms in total. The van der Waals surface area contributed by atoms with Crippen LogP contribution >= 0.6 is 0 Å². The summed E-state index contributed by atoms with van der Waals surface area (Å²) in [4.78, 5) is 9.61. The van der Waals surface area contributed by atoms with Crippen LogP contribution in [0.1, 0.15) is 25.5 Å². The molecule has 96 valence electrons. The van der Waals surface area contributed by atoms with Crippen LogP contribution in [0.3, 0.4) is 0 Å². The van der Waals surface area contributed by atoms with Crippen LogP contribution in [0.15, 0.2) is 12.4 Å². The molecule has 0 aliphatic rings. The van der Waals surface area contributed by atoms with Crippen LogP contribution < -0.4 is 10.6 Å². The maximum atomic E-state index is 12.4. The second-order valence-corrected chi connectivity index (χ2v) is 4.08. The second kappa shape index (κ2) is 6.44. The first-order chi connectivity index (χ1) is 8.04. The smallest absolute Gasteiger partial charge is 0.255 e. The number of hydrogen-bond donors (Lipinski definition) is 1. The lowest BCUT2D eigenvalue weighted by atomic mass is 10.1. The molecule has 1 rings (SSSR count). The van der Waals surface area contributed by atoms with E-state index in [4.69, 9.17) is 5.73 Å². The van der Waals surface area contributed by atoms with E-state index < -0.39 is 6.43 Å². The summed E-state index contributed by atoms with van der Waals surface area (Å²) in [7, 11) is 0. The Labute approximate surface area is 99.9 Å². The Kier molecular flexibility index (Phi) is 5.21. The summed E-state index contributed by atoms with van der Waals surface area (Å²) < 4.78 is 24.9. The summed E-state index contributed by atoms with van der Waals surface area (Å²) >= 11 is 0. The van der Waals surface area contributed by atoms with Crippen molar-refractivity contribution in [1.82, 2.24) is 9.97 Å². The third-order valence-electron chi connectivity index (χ3n) is 2.35. The van der Waals surface area contributed by atoms with Crippen LogP contribution in [0.2, 0.25) is 0 Å². The summed E-state index contributed by atoms with van der Waals surface area (Å²) in [5.74, 6) is 0.748. The van der Waals surface area contributed by atoms with E-state index in [0.29, 0.717) is 18.9 Å². The van der Waals surface area contributed by atoms with Crippen molar-refractivity contribution in [2.45, 2.75) is 26.2 Å². The second-order valence-electron chi connectivity index (χ2n) is 4.08. The van der Waals surface area contributed by atoms with E-state index in [1.165, 1.54) is 11.2 Å². The van der Waals surface area contributed by atoms with E-state index in [2.05, 4.69) is 9.97 Å². The number of hydrogen-bond acceptors (Lipinski definition) is 4. The SMILES string of the molecule is CC(C)c1cc(N(CCN)CC(F)F)ncn1. The van der Waals surface area contributed by atoms with E-state index in [0.717, 1.165) is 5.69 Å². The highest BCUT2D eigenvalue weighted by molar-refractivity contribution is 5.39. The Morgan fingerprint density at radius 2 is 2.06 bits per heavy atom. The van der Waals surface area contributed by atoms with Crippen LogP contribution in [0.4, 0.5) is 14.6 Å². The van der Waals surface area contributed by atoms with E-state index in [-0.39, 0.29) is 12.5 Å². The minimum absolute atomic E-state index is 0.239. The van der Waals surface area contributed by atoms with Gasteiger partial charge in [0.15, 0.2) is 0 Å². The molecule has 0 atom stereocenters. The van der Waals surface area contributed by atoms with Crippen LogP contribution in [-0.4, -0.2) is 36.0 Å². The summed E-state index contributed by atoms with van der Waals surface area (Å²) in [5.41, 5.74) is 6.25. The van der Waals surface area contributed by atoms with Gasteiger partial charge in [0.1, 0.15) is 12.1 Å². The van der Waals surface area contributed by atoms with Crippen molar-refractivity contribution in [1.29, 1.82) is 0 Å². The lowest BCUT2D eigenvalue weighted by Gasteiger charge is -2.23. The minimum Gasteiger partial charge on any atom is -0.350 e. The Hall–Kier alpha value is -1.30. The van der Waals surface area contributed by atoms with E-state index >= 15 is 0 Å². The Morgan fingerprint density at radius 1 is 1.35 bits per heavy atom. The van der Waals surface area contributed by atoms with Crippen LogP contribution in [-0.2, 0) is 0 Å². The Morgan fingerprint density at radius 3 is 2.59 bits per heavy atom. The molecular formula is C11H18F2N4. The Balaban J connectivity index is 2.88. The fourth-order valence-corrected chi connectivity index (χ4v) is 1.47. The molecule has 0 fully saturated rings. The molecule has 17 heavy (non-hydrogen) atoms. The van der Waals surface area contributed by atoms with Crippen molar-refractivity contribution in [3.05, 3.63) is 18.1 Å². The number of aromatic nitrogens is 2.